The normalized spacial score (nSPS) is 26.3. The zero-order chi connectivity index (χ0) is 10.7. The van der Waals surface area contributed by atoms with Crippen molar-refractivity contribution in [2.24, 2.45) is 0 Å². The summed E-state index contributed by atoms with van der Waals surface area (Å²) in [5.74, 6) is 0.882. The van der Waals surface area contributed by atoms with Crippen molar-refractivity contribution in [3.8, 4) is 5.75 Å². The lowest BCUT2D eigenvalue weighted by Gasteiger charge is -2.27. The number of ether oxygens (including phenoxy) is 1. The van der Waals surface area contributed by atoms with Gasteiger partial charge in [-0.1, -0.05) is 18.2 Å². The van der Waals surface area contributed by atoms with Crippen molar-refractivity contribution in [2.45, 2.75) is 25.1 Å². The molecule has 1 aromatic carbocycles. The van der Waals surface area contributed by atoms with E-state index in [4.69, 9.17) is 4.74 Å². The van der Waals surface area contributed by atoms with E-state index in [2.05, 4.69) is 5.32 Å². The van der Waals surface area contributed by atoms with Crippen LogP contribution in [0.25, 0.3) is 0 Å². The molecule has 0 aromatic heterocycles. The molecule has 2 rings (SSSR count). The van der Waals surface area contributed by atoms with E-state index in [0.29, 0.717) is 13.0 Å². The highest BCUT2D eigenvalue weighted by Gasteiger charge is 2.22. The first-order valence-electron chi connectivity index (χ1n) is 5.31. The lowest BCUT2D eigenvalue weighted by molar-refractivity contribution is 0.232. The van der Waals surface area contributed by atoms with E-state index in [-0.39, 0.29) is 6.04 Å². The predicted molar refractivity (Wildman–Crippen MR) is 57.9 cm³/mol. The summed E-state index contributed by atoms with van der Waals surface area (Å²) in [4.78, 5) is 0. The summed E-state index contributed by atoms with van der Waals surface area (Å²) in [6, 6.07) is 8.14. The van der Waals surface area contributed by atoms with E-state index < -0.39 is 6.17 Å². The van der Waals surface area contributed by atoms with Crippen LogP contribution < -0.4 is 10.1 Å². The molecule has 0 radical (unpaired) electrons. The molecule has 0 saturated carbocycles. The minimum absolute atomic E-state index is 0.230. The van der Waals surface area contributed by atoms with Crippen molar-refractivity contribution in [1.82, 2.24) is 5.32 Å². The molecule has 82 valence electrons. The van der Waals surface area contributed by atoms with Gasteiger partial charge >= 0.3 is 0 Å². The Morgan fingerprint density at radius 1 is 1.33 bits per heavy atom. The third-order valence-electron chi connectivity index (χ3n) is 2.87. The number of nitrogens with one attached hydrogen (secondary N) is 1. The lowest BCUT2D eigenvalue weighted by Crippen LogP contribution is -2.34. The molecular formula is C12H16FNO. The van der Waals surface area contributed by atoms with Gasteiger partial charge in [-0.05, 0) is 18.9 Å². The van der Waals surface area contributed by atoms with Crippen LogP contribution in [0.2, 0.25) is 0 Å². The van der Waals surface area contributed by atoms with Crippen molar-refractivity contribution >= 4 is 0 Å². The Hall–Kier alpha value is -1.09. The minimum Gasteiger partial charge on any atom is -0.496 e. The zero-order valence-electron chi connectivity index (χ0n) is 8.87. The molecule has 2 atom stereocenters. The van der Waals surface area contributed by atoms with Gasteiger partial charge < -0.3 is 10.1 Å². The highest BCUT2D eigenvalue weighted by molar-refractivity contribution is 5.36. The number of para-hydroxylation sites is 1. The molecule has 2 nitrogen and oxygen atoms in total. The highest BCUT2D eigenvalue weighted by atomic mass is 19.1. The number of piperidine rings is 1. The van der Waals surface area contributed by atoms with E-state index in [1.807, 2.05) is 24.3 Å². The number of methoxy groups -OCH3 is 1. The van der Waals surface area contributed by atoms with Gasteiger partial charge in [0.25, 0.3) is 0 Å². The number of hydrogen-bond acceptors (Lipinski definition) is 2. The van der Waals surface area contributed by atoms with Gasteiger partial charge in [0, 0.05) is 18.2 Å². The first-order valence-corrected chi connectivity index (χ1v) is 5.31. The predicted octanol–water partition coefficient (Wildman–Crippen LogP) is 2.46. The van der Waals surface area contributed by atoms with Crippen molar-refractivity contribution in [2.75, 3.05) is 13.7 Å². The first kappa shape index (κ1) is 10.4. The van der Waals surface area contributed by atoms with Gasteiger partial charge in [0.2, 0.25) is 0 Å². The standard InChI is InChI=1S/C12H16FNO/c1-15-12-5-3-2-4-10(12)11-7-6-9(13)8-14-11/h2-5,9,11,14H,6-8H2,1H3. The van der Waals surface area contributed by atoms with Crippen LogP contribution in [0.5, 0.6) is 5.75 Å². The Balaban J connectivity index is 2.15. The second-order valence-corrected chi connectivity index (χ2v) is 3.88. The summed E-state index contributed by atoms with van der Waals surface area (Å²) >= 11 is 0. The number of benzene rings is 1. The first-order chi connectivity index (χ1) is 7.31. The lowest BCUT2D eigenvalue weighted by atomic mass is 9.96. The third-order valence-corrected chi connectivity index (χ3v) is 2.87. The molecule has 1 aliphatic heterocycles. The van der Waals surface area contributed by atoms with Crippen LogP contribution >= 0.6 is 0 Å². The Kier molecular flexibility index (Phi) is 3.21. The van der Waals surface area contributed by atoms with Crippen molar-refractivity contribution in [1.29, 1.82) is 0 Å². The van der Waals surface area contributed by atoms with Crippen LogP contribution in [0.4, 0.5) is 4.39 Å². The Morgan fingerprint density at radius 3 is 2.80 bits per heavy atom. The maximum absolute atomic E-state index is 13.0. The molecule has 2 unspecified atom stereocenters. The van der Waals surface area contributed by atoms with Crippen LogP contribution in [0.15, 0.2) is 24.3 Å². The van der Waals surface area contributed by atoms with Gasteiger partial charge in [0.05, 0.1) is 7.11 Å². The molecule has 1 heterocycles. The summed E-state index contributed by atoms with van der Waals surface area (Å²) in [7, 11) is 1.67. The van der Waals surface area contributed by atoms with E-state index in [9.17, 15) is 4.39 Å². The monoisotopic (exact) mass is 209 g/mol. The summed E-state index contributed by atoms with van der Waals surface area (Å²) < 4.78 is 18.3. The number of rotatable bonds is 2. The highest BCUT2D eigenvalue weighted by Crippen LogP contribution is 2.30. The SMILES string of the molecule is COc1ccccc1C1CCC(F)CN1. The molecular weight excluding hydrogens is 193 g/mol. The summed E-state index contributed by atoms with van der Waals surface area (Å²) in [6.45, 7) is 0.447. The smallest absolute Gasteiger partial charge is 0.123 e. The van der Waals surface area contributed by atoms with Gasteiger partial charge in [-0.25, -0.2) is 4.39 Å². The van der Waals surface area contributed by atoms with Gasteiger partial charge in [-0.2, -0.15) is 0 Å². The van der Waals surface area contributed by atoms with Crippen molar-refractivity contribution in [3.63, 3.8) is 0 Å². The van der Waals surface area contributed by atoms with E-state index in [1.54, 1.807) is 7.11 Å². The third kappa shape index (κ3) is 2.29. The Morgan fingerprint density at radius 2 is 2.13 bits per heavy atom. The van der Waals surface area contributed by atoms with Gasteiger partial charge in [0.15, 0.2) is 0 Å². The molecule has 0 aliphatic carbocycles. The molecule has 3 heteroatoms. The molecule has 15 heavy (non-hydrogen) atoms. The summed E-state index contributed by atoms with van der Waals surface area (Å²) in [5.41, 5.74) is 1.13. The largest absolute Gasteiger partial charge is 0.496 e. The van der Waals surface area contributed by atoms with E-state index >= 15 is 0 Å². The molecule has 0 spiro atoms. The average molecular weight is 209 g/mol. The van der Waals surface area contributed by atoms with Crippen LogP contribution in [-0.2, 0) is 0 Å². The number of hydrogen-bond donors (Lipinski definition) is 1. The molecule has 1 saturated heterocycles. The second kappa shape index (κ2) is 4.62. The zero-order valence-corrected chi connectivity index (χ0v) is 8.87. The molecule has 1 N–H and O–H groups in total. The maximum Gasteiger partial charge on any atom is 0.123 e. The van der Waals surface area contributed by atoms with Crippen LogP contribution in [0.1, 0.15) is 24.4 Å². The molecule has 0 bridgehead atoms. The maximum atomic E-state index is 13.0. The summed E-state index contributed by atoms with van der Waals surface area (Å²) in [5, 5.41) is 3.20. The topological polar surface area (TPSA) is 21.3 Å². The van der Waals surface area contributed by atoms with E-state index in [1.165, 1.54) is 0 Å². The second-order valence-electron chi connectivity index (χ2n) is 3.88. The fourth-order valence-electron chi connectivity index (χ4n) is 2.04. The molecule has 1 aliphatic rings. The number of alkyl halides is 1. The molecule has 0 amide bonds. The van der Waals surface area contributed by atoms with Crippen LogP contribution in [0.3, 0.4) is 0 Å². The quantitative estimate of drug-likeness (QED) is 0.807. The van der Waals surface area contributed by atoms with Gasteiger partial charge in [0.1, 0.15) is 11.9 Å². The van der Waals surface area contributed by atoms with Crippen LogP contribution in [0, 0.1) is 0 Å². The fourth-order valence-corrected chi connectivity index (χ4v) is 2.04. The van der Waals surface area contributed by atoms with Crippen molar-refractivity contribution < 1.29 is 9.13 Å². The molecule has 1 aromatic rings. The summed E-state index contributed by atoms with van der Waals surface area (Å²) in [6.07, 6.45) is 0.771. The number of halogens is 1. The van der Waals surface area contributed by atoms with Crippen LogP contribution in [-0.4, -0.2) is 19.8 Å². The minimum atomic E-state index is -0.698. The van der Waals surface area contributed by atoms with Gasteiger partial charge in [-0.15, -0.1) is 0 Å². The fraction of sp³-hybridized carbons (Fsp3) is 0.500. The Bertz CT molecular complexity index is 321. The van der Waals surface area contributed by atoms with Crippen molar-refractivity contribution in [3.05, 3.63) is 29.8 Å². The van der Waals surface area contributed by atoms with E-state index in [0.717, 1.165) is 17.7 Å². The Labute approximate surface area is 89.4 Å². The average Bonchev–Trinajstić information content (AvgIpc) is 2.30. The molecule has 1 fully saturated rings. The van der Waals surface area contributed by atoms with Gasteiger partial charge in [-0.3, -0.25) is 0 Å².